The Hall–Kier alpha value is -2.27. The quantitative estimate of drug-likeness (QED) is 0.417. The topological polar surface area (TPSA) is 153 Å². The zero-order valence-electron chi connectivity index (χ0n) is 20.9. The number of amides is 1. The Kier molecular flexibility index (Phi) is 11.5. The van der Waals surface area contributed by atoms with Crippen molar-refractivity contribution in [2.45, 2.75) is 56.1 Å². The molecular formula is C22H33F3N4O7S2. The van der Waals surface area contributed by atoms with E-state index in [9.17, 15) is 34.8 Å². The van der Waals surface area contributed by atoms with Crippen molar-refractivity contribution in [2.75, 3.05) is 43.8 Å². The first kappa shape index (κ1) is 31.9. The van der Waals surface area contributed by atoms with Crippen LogP contribution in [0.4, 0.5) is 18.9 Å². The summed E-state index contributed by atoms with van der Waals surface area (Å²) in [7, 11) is -7.41. The Morgan fingerprint density at radius 3 is 2.05 bits per heavy atom. The maximum absolute atomic E-state index is 13.5. The normalized spacial score (nSPS) is 17.9. The number of carbonyl (C=O) groups excluding carboxylic acids is 1. The van der Waals surface area contributed by atoms with Gasteiger partial charge in [0.25, 0.3) is 0 Å². The van der Waals surface area contributed by atoms with E-state index in [0.717, 1.165) is 32.1 Å². The smallest absolute Gasteiger partial charge is 0.475 e. The predicted molar refractivity (Wildman–Crippen MR) is 133 cm³/mol. The van der Waals surface area contributed by atoms with Gasteiger partial charge in [-0.1, -0.05) is 19.3 Å². The van der Waals surface area contributed by atoms with Crippen LogP contribution in [0.2, 0.25) is 0 Å². The zero-order chi connectivity index (χ0) is 28.6. The fourth-order valence-electron chi connectivity index (χ4n) is 4.17. The van der Waals surface area contributed by atoms with E-state index in [1.54, 1.807) is 12.1 Å². The molecule has 0 radical (unpaired) electrons. The molecule has 1 aromatic carbocycles. The molecule has 11 nitrogen and oxygen atoms in total. The van der Waals surface area contributed by atoms with Crippen molar-refractivity contribution >= 4 is 37.6 Å². The van der Waals surface area contributed by atoms with Gasteiger partial charge < -0.3 is 15.7 Å². The monoisotopic (exact) mass is 586 g/mol. The highest BCUT2D eigenvalue weighted by atomic mass is 32.2. The van der Waals surface area contributed by atoms with Crippen LogP contribution in [-0.4, -0.2) is 93.1 Å². The summed E-state index contributed by atoms with van der Waals surface area (Å²) in [4.78, 5) is 20.2. The Bertz CT molecular complexity index is 1150. The number of alkyl halides is 3. The van der Waals surface area contributed by atoms with Gasteiger partial charge in [0.05, 0.1) is 10.6 Å². The van der Waals surface area contributed by atoms with E-state index in [0.29, 0.717) is 31.9 Å². The number of nitrogens with zero attached hydrogens (tertiary/aromatic N) is 2. The lowest BCUT2D eigenvalue weighted by Gasteiger charge is -2.34. The second-order valence-electron chi connectivity index (χ2n) is 8.88. The number of halogens is 3. The van der Waals surface area contributed by atoms with E-state index in [2.05, 4.69) is 10.6 Å². The van der Waals surface area contributed by atoms with Gasteiger partial charge in [0.15, 0.2) is 0 Å². The van der Waals surface area contributed by atoms with Gasteiger partial charge in [-0.2, -0.15) is 21.8 Å². The van der Waals surface area contributed by atoms with E-state index in [-0.39, 0.29) is 29.1 Å². The van der Waals surface area contributed by atoms with Crippen molar-refractivity contribution in [3.63, 3.8) is 0 Å². The van der Waals surface area contributed by atoms with Crippen molar-refractivity contribution in [2.24, 2.45) is 0 Å². The Morgan fingerprint density at radius 2 is 1.58 bits per heavy atom. The number of nitrogens with one attached hydrogen (secondary N) is 2. The fraction of sp³-hybridized carbons (Fsp3) is 0.636. The third-order valence-electron chi connectivity index (χ3n) is 6.04. The zero-order valence-corrected chi connectivity index (χ0v) is 22.5. The fourth-order valence-corrected chi connectivity index (χ4v) is 7.40. The lowest BCUT2D eigenvalue weighted by molar-refractivity contribution is -0.192. The Labute approximate surface area is 220 Å². The molecule has 1 saturated carbocycles. The van der Waals surface area contributed by atoms with E-state index in [1.807, 2.05) is 0 Å². The van der Waals surface area contributed by atoms with Crippen LogP contribution in [0.1, 0.15) is 39.0 Å². The van der Waals surface area contributed by atoms with Crippen molar-refractivity contribution in [3.05, 3.63) is 24.3 Å². The molecule has 16 heteroatoms. The second kappa shape index (κ2) is 13.7. The average Bonchev–Trinajstić information content (AvgIpc) is 2.85. The minimum absolute atomic E-state index is 0.0628. The molecule has 1 heterocycles. The molecule has 1 aliphatic carbocycles. The SMILES string of the molecule is CC(=O)Nc1ccc(S(=O)(=O)N(CCS(=O)(=O)N2CCNCC2)C2CCCCC2)cc1.O=C(O)C(F)(F)F. The predicted octanol–water partition coefficient (Wildman–Crippen LogP) is 1.84. The first-order valence-electron chi connectivity index (χ1n) is 12.0. The highest BCUT2D eigenvalue weighted by molar-refractivity contribution is 7.90. The first-order chi connectivity index (χ1) is 17.6. The van der Waals surface area contributed by atoms with Crippen LogP contribution in [0.15, 0.2) is 29.2 Å². The molecule has 2 aliphatic rings. The number of anilines is 1. The molecule has 0 spiro atoms. The van der Waals surface area contributed by atoms with E-state index < -0.39 is 32.2 Å². The Morgan fingerprint density at radius 1 is 1.05 bits per heavy atom. The first-order valence-corrected chi connectivity index (χ1v) is 15.1. The lowest BCUT2D eigenvalue weighted by Crippen LogP contribution is -2.49. The van der Waals surface area contributed by atoms with E-state index in [1.165, 1.54) is 27.7 Å². The molecule has 1 aliphatic heterocycles. The van der Waals surface area contributed by atoms with Gasteiger partial charge in [-0.3, -0.25) is 4.79 Å². The van der Waals surface area contributed by atoms with Crippen LogP contribution in [-0.2, 0) is 29.6 Å². The summed E-state index contributed by atoms with van der Waals surface area (Å²) < 4.78 is 87.2. The van der Waals surface area contributed by atoms with Gasteiger partial charge in [-0.25, -0.2) is 21.6 Å². The van der Waals surface area contributed by atoms with Gasteiger partial charge in [0.2, 0.25) is 26.0 Å². The highest BCUT2D eigenvalue weighted by Crippen LogP contribution is 2.28. The van der Waals surface area contributed by atoms with Gasteiger partial charge in [0.1, 0.15) is 0 Å². The van der Waals surface area contributed by atoms with E-state index >= 15 is 0 Å². The minimum Gasteiger partial charge on any atom is -0.475 e. The average molecular weight is 587 g/mol. The number of carboxylic acid groups (broad SMARTS) is 1. The number of rotatable bonds is 8. The molecule has 3 rings (SSSR count). The molecule has 1 saturated heterocycles. The third-order valence-corrected chi connectivity index (χ3v) is 9.86. The maximum atomic E-state index is 13.5. The number of benzene rings is 1. The molecule has 2 fully saturated rings. The number of hydrogen-bond donors (Lipinski definition) is 3. The summed E-state index contributed by atoms with van der Waals surface area (Å²) >= 11 is 0. The van der Waals surface area contributed by atoms with Crippen molar-refractivity contribution in [1.29, 1.82) is 0 Å². The number of aliphatic carboxylic acids is 1. The molecule has 0 unspecified atom stereocenters. The maximum Gasteiger partial charge on any atom is 0.490 e. The third kappa shape index (κ3) is 9.48. The van der Waals surface area contributed by atoms with E-state index in [4.69, 9.17) is 9.90 Å². The summed E-state index contributed by atoms with van der Waals surface area (Å²) in [6.07, 6.45) is -0.686. The van der Waals surface area contributed by atoms with Gasteiger partial charge in [-0.15, -0.1) is 0 Å². The number of carbonyl (C=O) groups is 2. The molecule has 0 bridgehead atoms. The van der Waals surface area contributed by atoms with Crippen molar-refractivity contribution in [3.8, 4) is 0 Å². The van der Waals surface area contributed by atoms with Gasteiger partial charge in [0, 0.05) is 51.4 Å². The number of sulfonamides is 2. The van der Waals surface area contributed by atoms with Crippen LogP contribution in [0.5, 0.6) is 0 Å². The molecule has 1 amide bonds. The van der Waals surface area contributed by atoms with Crippen LogP contribution in [0.25, 0.3) is 0 Å². The summed E-state index contributed by atoms with van der Waals surface area (Å²) in [5, 5.41) is 12.9. The van der Waals surface area contributed by atoms with Crippen LogP contribution < -0.4 is 10.6 Å². The van der Waals surface area contributed by atoms with Crippen LogP contribution in [0.3, 0.4) is 0 Å². The Balaban J connectivity index is 0.000000638. The minimum atomic E-state index is -5.08. The van der Waals surface area contributed by atoms with Gasteiger partial charge in [-0.05, 0) is 37.1 Å². The van der Waals surface area contributed by atoms with Crippen LogP contribution >= 0.6 is 0 Å². The molecule has 0 atom stereocenters. The largest absolute Gasteiger partial charge is 0.490 e. The number of carboxylic acids is 1. The summed E-state index contributed by atoms with van der Waals surface area (Å²) in [5.74, 6) is -3.22. The number of hydrogen-bond acceptors (Lipinski definition) is 7. The lowest BCUT2D eigenvalue weighted by atomic mass is 9.95. The van der Waals surface area contributed by atoms with Crippen molar-refractivity contribution in [1.82, 2.24) is 13.9 Å². The summed E-state index contributed by atoms with van der Waals surface area (Å²) in [5.41, 5.74) is 0.511. The number of piperazine rings is 1. The molecule has 38 heavy (non-hydrogen) atoms. The standard InChI is InChI=1S/C20H32N4O5S2.C2HF3O2/c1-17(25)22-18-7-9-20(10-8-18)31(28,29)24(19-5-3-2-4-6-19)15-16-30(26,27)23-13-11-21-12-14-23;3-2(4,5)1(6)7/h7-10,19,21H,2-6,11-16H2,1H3,(H,22,25);(H,6,7). The molecule has 0 aromatic heterocycles. The molecule has 216 valence electrons. The second-order valence-corrected chi connectivity index (χ2v) is 12.9. The molecular weight excluding hydrogens is 553 g/mol. The summed E-state index contributed by atoms with van der Waals surface area (Å²) in [6.45, 7) is 3.34. The van der Waals surface area contributed by atoms with Gasteiger partial charge >= 0.3 is 12.1 Å². The van der Waals surface area contributed by atoms with Crippen LogP contribution in [0, 0.1) is 0 Å². The summed E-state index contributed by atoms with van der Waals surface area (Å²) in [6, 6.07) is 5.81. The van der Waals surface area contributed by atoms with Crippen molar-refractivity contribution < 1.29 is 44.7 Å². The molecule has 1 aromatic rings. The highest BCUT2D eigenvalue weighted by Gasteiger charge is 2.38. The molecule has 3 N–H and O–H groups in total.